The highest BCUT2D eigenvalue weighted by Gasteiger charge is 2.14. The Morgan fingerprint density at radius 1 is 1.47 bits per heavy atom. The topological polar surface area (TPSA) is 21.3 Å². The van der Waals surface area contributed by atoms with Gasteiger partial charge in [0.05, 0.1) is 6.10 Å². The Balaban J connectivity index is 1.68. The van der Waals surface area contributed by atoms with Crippen molar-refractivity contribution in [1.29, 1.82) is 0 Å². The molecule has 1 aliphatic heterocycles. The molecule has 1 atom stereocenters. The van der Waals surface area contributed by atoms with E-state index in [0.29, 0.717) is 6.10 Å². The van der Waals surface area contributed by atoms with E-state index >= 15 is 0 Å². The summed E-state index contributed by atoms with van der Waals surface area (Å²) < 4.78 is 5.59. The predicted molar refractivity (Wildman–Crippen MR) is 72.9 cm³/mol. The van der Waals surface area contributed by atoms with Crippen LogP contribution in [0.5, 0.6) is 0 Å². The van der Waals surface area contributed by atoms with E-state index in [1.807, 2.05) is 19.1 Å². The van der Waals surface area contributed by atoms with Crippen molar-refractivity contribution in [2.24, 2.45) is 0 Å². The number of halogens is 1. The van der Waals surface area contributed by atoms with Crippen molar-refractivity contribution in [3.63, 3.8) is 0 Å². The van der Waals surface area contributed by atoms with Crippen molar-refractivity contribution < 1.29 is 4.74 Å². The Bertz CT molecular complexity index is 361. The van der Waals surface area contributed by atoms with Gasteiger partial charge < -0.3 is 10.1 Å². The van der Waals surface area contributed by atoms with E-state index in [-0.39, 0.29) is 0 Å². The first-order valence-electron chi connectivity index (χ1n) is 6.37. The van der Waals surface area contributed by atoms with Gasteiger partial charge in [-0.3, -0.25) is 0 Å². The molecular formula is C14H20ClNO. The second-order valence-corrected chi connectivity index (χ2v) is 5.08. The summed E-state index contributed by atoms with van der Waals surface area (Å²) >= 11 is 6.07. The highest BCUT2D eigenvalue weighted by molar-refractivity contribution is 6.31. The SMILES string of the molecule is Cc1ccc(NCCCC2CCCO2)cc1Cl. The fourth-order valence-electron chi connectivity index (χ4n) is 2.14. The average Bonchev–Trinajstić information content (AvgIpc) is 2.82. The van der Waals surface area contributed by atoms with Gasteiger partial charge in [0.2, 0.25) is 0 Å². The van der Waals surface area contributed by atoms with Crippen LogP contribution in [0.1, 0.15) is 31.2 Å². The smallest absolute Gasteiger partial charge is 0.0576 e. The zero-order chi connectivity index (χ0) is 12.1. The van der Waals surface area contributed by atoms with E-state index in [1.54, 1.807) is 0 Å². The van der Waals surface area contributed by atoms with E-state index in [9.17, 15) is 0 Å². The molecule has 0 bridgehead atoms. The van der Waals surface area contributed by atoms with Crippen molar-refractivity contribution in [3.8, 4) is 0 Å². The minimum absolute atomic E-state index is 0.499. The number of rotatable bonds is 5. The number of nitrogens with one attached hydrogen (secondary N) is 1. The number of hydrogen-bond donors (Lipinski definition) is 1. The fraction of sp³-hybridized carbons (Fsp3) is 0.571. The minimum atomic E-state index is 0.499. The van der Waals surface area contributed by atoms with Crippen molar-refractivity contribution >= 4 is 17.3 Å². The van der Waals surface area contributed by atoms with Gasteiger partial charge in [0, 0.05) is 23.9 Å². The van der Waals surface area contributed by atoms with Crippen LogP contribution in [0, 0.1) is 6.92 Å². The second kappa shape index (κ2) is 6.27. The minimum Gasteiger partial charge on any atom is -0.385 e. The van der Waals surface area contributed by atoms with Gasteiger partial charge in [0.1, 0.15) is 0 Å². The highest BCUT2D eigenvalue weighted by Crippen LogP contribution is 2.20. The molecule has 2 nitrogen and oxygen atoms in total. The summed E-state index contributed by atoms with van der Waals surface area (Å²) in [6, 6.07) is 6.11. The molecule has 1 aliphatic rings. The first-order valence-corrected chi connectivity index (χ1v) is 6.75. The second-order valence-electron chi connectivity index (χ2n) is 4.67. The van der Waals surface area contributed by atoms with Crippen molar-refractivity contribution in [2.45, 2.75) is 38.7 Å². The van der Waals surface area contributed by atoms with Gasteiger partial charge in [0.25, 0.3) is 0 Å². The van der Waals surface area contributed by atoms with Gasteiger partial charge in [-0.05, 0) is 50.3 Å². The van der Waals surface area contributed by atoms with Crippen LogP contribution in [0.4, 0.5) is 5.69 Å². The van der Waals surface area contributed by atoms with Gasteiger partial charge in [-0.25, -0.2) is 0 Å². The summed E-state index contributed by atoms with van der Waals surface area (Å²) in [5.41, 5.74) is 2.23. The van der Waals surface area contributed by atoms with Gasteiger partial charge in [-0.1, -0.05) is 17.7 Å². The maximum absolute atomic E-state index is 6.07. The van der Waals surface area contributed by atoms with Crippen LogP contribution in [0.2, 0.25) is 5.02 Å². The molecule has 1 aromatic rings. The predicted octanol–water partition coefficient (Wildman–Crippen LogP) is 4.02. The van der Waals surface area contributed by atoms with Crippen LogP contribution in [0.15, 0.2) is 18.2 Å². The molecule has 1 aromatic carbocycles. The lowest BCUT2D eigenvalue weighted by Crippen LogP contribution is -2.09. The Kier molecular flexibility index (Phi) is 4.69. The molecule has 3 heteroatoms. The normalized spacial score (nSPS) is 19.5. The molecule has 94 valence electrons. The molecule has 1 saturated heterocycles. The lowest BCUT2D eigenvalue weighted by molar-refractivity contribution is 0.103. The lowest BCUT2D eigenvalue weighted by Gasteiger charge is -2.11. The van der Waals surface area contributed by atoms with Gasteiger partial charge in [-0.2, -0.15) is 0 Å². The number of ether oxygens (including phenoxy) is 1. The van der Waals surface area contributed by atoms with Crippen LogP contribution >= 0.6 is 11.6 Å². The van der Waals surface area contributed by atoms with Crippen LogP contribution in [0.25, 0.3) is 0 Å². The summed E-state index contributed by atoms with van der Waals surface area (Å²) in [5.74, 6) is 0. The molecular weight excluding hydrogens is 234 g/mol. The Morgan fingerprint density at radius 2 is 2.35 bits per heavy atom. The third-order valence-electron chi connectivity index (χ3n) is 3.23. The third-order valence-corrected chi connectivity index (χ3v) is 3.64. The molecule has 0 aromatic heterocycles. The maximum atomic E-state index is 6.07. The zero-order valence-corrected chi connectivity index (χ0v) is 11.1. The first-order chi connectivity index (χ1) is 8.25. The maximum Gasteiger partial charge on any atom is 0.0576 e. The number of benzene rings is 1. The molecule has 1 N–H and O–H groups in total. The Hall–Kier alpha value is -0.730. The van der Waals surface area contributed by atoms with Gasteiger partial charge in [0.15, 0.2) is 0 Å². The third kappa shape index (κ3) is 3.90. The Labute approximate surface area is 108 Å². The summed E-state index contributed by atoms with van der Waals surface area (Å²) in [5, 5.41) is 4.22. The standard InChI is InChI=1S/C14H20ClNO/c1-11-6-7-12(10-14(11)15)16-8-2-4-13-5-3-9-17-13/h6-7,10,13,16H,2-5,8-9H2,1H3. The van der Waals surface area contributed by atoms with Crippen molar-refractivity contribution in [3.05, 3.63) is 28.8 Å². The monoisotopic (exact) mass is 253 g/mol. The molecule has 0 aliphatic carbocycles. The number of anilines is 1. The molecule has 0 radical (unpaired) electrons. The molecule has 1 unspecified atom stereocenters. The van der Waals surface area contributed by atoms with E-state index in [2.05, 4.69) is 11.4 Å². The molecule has 0 spiro atoms. The quantitative estimate of drug-likeness (QED) is 0.801. The van der Waals surface area contributed by atoms with Crippen molar-refractivity contribution in [2.75, 3.05) is 18.5 Å². The summed E-state index contributed by atoms with van der Waals surface area (Å²) in [7, 11) is 0. The Morgan fingerprint density at radius 3 is 3.06 bits per heavy atom. The van der Waals surface area contributed by atoms with Crippen LogP contribution in [-0.2, 0) is 4.74 Å². The number of hydrogen-bond acceptors (Lipinski definition) is 2. The van der Waals surface area contributed by atoms with Gasteiger partial charge in [-0.15, -0.1) is 0 Å². The number of aryl methyl sites for hydroxylation is 1. The summed E-state index contributed by atoms with van der Waals surface area (Å²) in [6.45, 7) is 3.95. The van der Waals surface area contributed by atoms with E-state index in [4.69, 9.17) is 16.3 Å². The van der Waals surface area contributed by atoms with E-state index in [0.717, 1.165) is 42.3 Å². The van der Waals surface area contributed by atoms with Gasteiger partial charge >= 0.3 is 0 Å². The van der Waals surface area contributed by atoms with Crippen molar-refractivity contribution in [1.82, 2.24) is 0 Å². The lowest BCUT2D eigenvalue weighted by atomic mass is 10.1. The molecule has 0 amide bonds. The fourth-order valence-corrected chi connectivity index (χ4v) is 2.32. The van der Waals surface area contributed by atoms with E-state index in [1.165, 1.54) is 12.8 Å². The average molecular weight is 254 g/mol. The summed E-state index contributed by atoms with van der Waals surface area (Å²) in [6.07, 6.45) is 5.27. The molecule has 17 heavy (non-hydrogen) atoms. The van der Waals surface area contributed by atoms with E-state index < -0.39 is 0 Å². The first kappa shape index (κ1) is 12.7. The largest absolute Gasteiger partial charge is 0.385 e. The molecule has 1 fully saturated rings. The highest BCUT2D eigenvalue weighted by atomic mass is 35.5. The molecule has 1 heterocycles. The molecule has 0 saturated carbocycles. The molecule has 2 rings (SSSR count). The van der Waals surface area contributed by atoms with Crippen LogP contribution in [-0.4, -0.2) is 19.3 Å². The van der Waals surface area contributed by atoms with Crippen LogP contribution in [0.3, 0.4) is 0 Å². The zero-order valence-electron chi connectivity index (χ0n) is 10.3. The van der Waals surface area contributed by atoms with Crippen LogP contribution < -0.4 is 5.32 Å². The summed E-state index contributed by atoms with van der Waals surface area (Å²) in [4.78, 5) is 0.